The Labute approximate surface area is 109 Å². The van der Waals surface area contributed by atoms with E-state index in [1.807, 2.05) is 6.07 Å². The van der Waals surface area contributed by atoms with Gasteiger partial charge in [-0.3, -0.25) is 9.78 Å². The monoisotopic (exact) mass is 250 g/mol. The first kappa shape index (κ1) is 14.4. The Balaban J connectivity index is 2.50. The molecular formula is C13H22N4O. The van der Waals surface area contributed by atoms with E-state index in [0.717, 1.165) is 18.8 Å². The minimum absolute atomic E-state index is 0.169. The van der Waals surface area contributed by atoms with Gasteiger partial charge in [-0.2, -0.15) is 0 Å². The molecule has 1 aromatic heterocycles. The minimum atomic E-state index is -0.169. The predicted molar refractivity (Wildman–Crippen MR) is 73.9 cm³/mol. The molecule has 0 aliphatic heterocycles. The number of pyridine rings is 1. The summed E-state index contributed by atoms with van der Waals surface area (Å²) in [6.45, 7) is 6.12. The molecule has 100 valence electrons. The van der Waals surface area contributed by atoms with Crippen molar-refractivity contribution in [3.8, 4) is 0 Å². The number of rotatable bonds is 6. The lowest BCUT2D eigenvalue weighted by Crippen LogP contribution is -2.31. The average Bonchev–Trinajstić information content (AvgIpc) is 2.37. The summed E-state index contributed by atoms with van der Waals surface area (Å²) < 4.78 is 0. The Morgan fingerprint density at radius 1 is 1.50 bits per heavy atom. The molecule has 0 radical (unpaired) electrons. The third-order valence-corrected chi connectivity index (χ3v) is 2.89. The lowest BCUT2D eigenvalue weighted by atomic mass is 10.3. The van der Waals surface area contributed by atoms with Gasteiger partial charge in [0, 0.05) is 38.1 Å². The molecular weight excluding hydrogens is 228 g/mol. The number of carbonyl (C=O) groups excluding carboxylic acids is 1. The number of hydrogen-bond acceptors (Lipinski definition) is 4. The summed E-state index contributed by atoms with van der Waals surface area (Å²) in [6.07, 6.45) is 1.64. The summed E-state index contributed by atoms with van der Waals surface area (Å²) in [4.78, 5) is 17.7. The summed E-state index contributed by atoms with van der Waals surface area (Å²) in [7, 11) is 3.69. The normalized spacial score (nSPS) is 10.8. The topological polar surface area (TPSA) is 57.3 Å². The second-order valence-corrected chi connectivity index (χ2v) is 4.51. The lowest BCUT2D eigenvalue weighted by molar-refractivity contribution is 0.0958. The third-order valence-electron chi connectivity index (χ3n) is 2.89. The number of amides is 1. The van der Waals surface area contributed by atoms with Gasteiger partial charge in [-0.15, -0.1) is 0 Å². The van der Waals surface area contributed by atoms with Gasteiger partial charge in [-0.1, -0.05) is 0 Å². The molecule has 0 aromatic carbocycles. The van der Waals surface area contributed by atoms with E-state index >= 15 is 0 Å². The summed E-state index contributed by atoms with van der Waals surface area (Å²) in [5, 5.41) is 5.85. The molecule has 1 rings (SSSR count). The summed E-state index contributed by atoms with van der Waals surface area (Å²) in [5.74, 6) is -0.169. The van der Waals surface area contributed by atoms with E-state index in [0.29, 0.717) is 11.7 Å². The second kappa shape index (κ2) is 6.96. The van der Waals surface area contributed by atoms with Crippen LogP contribution in [0.4, 0.5) is 5.69 Å². The summed E-state index contributed by atoms with van der Waals surface area (Å²) in [5.41, 5.74) is 1.35. The van der Waals surface area contributed by atoms with E-state index < -0.39 is 0 Å². The Morgan fingerprint density at radius 3 is 2.83 bits per heavy atom. The quantitative estimate of drug-likeness (QED) is 0.796. The van der Waals surface area contributed by atoms with E-state index in [4.69, 9.17) is 0 Å². The number of aromatic nitrogens is 1. The van der Waals surface area contributed by atoms with Gasteiger partial charge in [0.1, 0.15) is 5.69 Å². The molecule has 1 aromatic rings. The first-order valence-electron chi connectivity index (χ1n) is 6.17. The van der Waals surface area contributed by atoms with Crippen LogP contribution in [-0.4, -0.2) is 49.0 Å². The van der Waals surface area contributed by atoms with Crippen LogP contribution in [0.25, 0.3) is 0 Å². The van der Waals surface area contributed by atoms with Gasteiger partial charge < -0.3 is 15.5 Å². The molecule has 0 atom stereocenters. The zero-order chi connectivity index (χ0) is 13.5. The van der Waals surface area contributed by atoms with Crippen molar-refractivity contribution in [1.29, 1.82) is 0 Å². The van der Waals surface area contributed by atoms with Crippen molar-refractivity contribution in [3.63, 3.8) is 0 Å². The summed E-state index contributed by atoms with van der Waals surface area (Å²) >= 11 is 0. The Hall–Kier alpha value is -1.62. The van der Waals surface area contributed by atoms with Crippen molar-refractivity contribution in [3.05, 3.63) is 24.0 Å². The average molecular weight is 250 g/mol. The van der Waals surface area contributed by atoms with Crippen LogP contribution >= 0.6 is 0 Å². The van der Waals surface area contributed by atoms with E-state index in [2.05, 4.69) is 41.4 Å². The fraction of sp³-hybridized carbons (Fsp3) is 0.538. The van der Waals surface area contributed by atoms with Crippen LogP contribution in [0.3, 0.4) is 0 Å². The van der Waals surface area contributed by atoms with Gasteiger partial charge in [-0.05, 0) is 33.0 Å². The van der Waals surface area contributed by atoms with Gasteiger partial charge in [-0.25, -0.2) is 0 Å². The molecule has 0 unspecified atom stereocenters. The van der Waals surface area contributed by atoms with E-state index in [9.17, 15) is 4.79 Å². The molecule has 5 nitrogen and oxygen atoms in total. The molecule has 0 bridgehead atoms. The van der Waals surface area contributed by atoms with Gasteiger partial charge in [0.25, 0.3) is 5.91 Å². The smallest absolute Gasteiger partial charge is 0.269 e. The van der Waals surface area contributed by atoms with Crippen LogP contribution in [0, 0.1) is 0 Å². The maximum Gasteiger partial charge on any atom is 0.269 e. The first-order valence-corrected chi connectivity index (χ1v) is 6.17. The number of carbonyl (C=O) groups is 1. The highest BCUT2D eigenvalue weighted by Gasteiger charge is 2.06. The van der Waals surface area contributed by atoms with Crippen LogP contribution in [0.1, 0.15) is 24.3 Å². The van der Waals surface area contributed by atoms with E-state index in [1.165, 1.54) is 0 Å². The van der Waals surface area contributed by atoms with Crippen LogP contribution < -0.4 is 10.6 Å². The summed E-state index contributed by atoms with van der Waals surface area (Å²) in [6, 6.07) is 4.15. The molecule has 0 aliphatic carbocycles. The molecule has 2 N–H and O–H groups in total. The third kappa shape index (κ3) is 4.33. The predicted octanol–water partition coefficient (Wildman–Crippen LogP) is 1.19. The molecule has 1 amide bonds. The Morgan fingerprint density at radius 2 is 2.22 bits per heavy atom. The Bertz CT molecular complexity index is 392. The van der Waals surface area contributed by atoms with Crippen molar-refractivity contribution in [2.75, 3.05) is 32.5 Å². The van der Waals surface area contributed by atoms with Crippen molar-refractivity contribution in [1.82, 2.24) is 15.2 Å². The first-order chi connectivity index (χ1) is 8.54. The maximum atomic E-state index is 11.4. The highest BCUT2D eigenvalue weighted by atomic mass is 16.1. The van der Waals surface area contributed by atoms with Crippen molar-refractivity contribution < 1.29 is 4.79 Å². The molecule has 5 heteroatoms. The van der Waals surface area contributed by atoms with Gasteiger partial charge in [0.05, 0.1) is 0 Å². The fourth-order valence-electron chi connectivity index (χ4n) is 1.43. The van der Waals surface area contributed by atoms with Crippen LogP contribution in [-0.2, 0) is 0 Å². The van der Waals surface area contributed by atoms with Crippen molar-refractivity contribution in [2.45, 2.75) is 19.9 Å². The van der Waals surface area contributed by atoms with Gasteiger partial charge >= 0.3 is 0 Å². The fourth-order valence-corrected chi connectivity index (χ4v) is 1.43. The molecule has 0 fully saturated rings. The molecule has 1 heterocycles. The highest BCUT2D eigenvalue weighted by Crippen LogP contribution is 2.07. The lowest BCUT2D eigenvalue weighted by Gasteiger charge is -2.21. The van der Waals surface area contributed by atoms with Gasteiger partial charge in [0.15, 0.2) is 0 Å². The molecule has 0 spiro atoms. The number of likely N-dealkylation sites (N-methyl/N-ethyl adjacent to an activating group) is 1. The molecule has 0 aliphatic rings. The van der Waals surface area contributed by atoms with Crippen LogP contribution in [0.2, 0.25) is 0 Å². The molecule has 0 saturated heterocycles. The number of nitrogens with one attached hydrogen (secondary N) is 2. The molecule has 0 saturated carbocycles. The van der Waals surface area contributed by atoms with E-state index in [1.54, 1.807) is 19.3 Å². The number of nitrogens with zero attached hydrogens (tertiary/aromatic N) is 2. The number of hydrogen-bond donors (Lipinski definition) is 2. The Kier molecular flexibility index (Phi) is 5.58. The zero-order valence-electron chi connectivity index (χ0n) is 11.5. The van der Waals surface area contributed by atoms with E-state index in [-0.39, 0.29) is 5.91 Å². The standard InChI is InChI=1S/C13H22N4O/c1-10(2)17(4)8-7-15-11-5-6-16-12(9-11)13(18)14-3/h5-6,9-10H,7-8H2,1-4H3,(H,14,18)(H,15,16). The molecule has 18 heavy (non-hydrogen) atoms. The van der Waals surface area contributed by atoms with Crippen molar-refractivity contribution >= 4 is 11.6 Å². The van der Waals surface area contributed by atoms with Crippen LogP contribution in [0.5, 0.6) is 0 Å². The second-order valence-electron chi connectivity index (χ2n) is 4.51. The van der Waals surface area contributed by atoms with Crippen molar-refractivity contribution in [2.24, 2.45) is 0 Å². The minimum Gasteiger partial charge on any atom is -0.384 e. The SMILES string of the molecule is CNC(=O)c1cc(NCCN(C)C(C)C)ccn1. The van der Waals surface area contributed by atoms with Gasteiger partial charge in [0.2, 0.25) is 0 Å². The number of anilines is 1. The maximum absolute atomic E-state index is 11.4. The zero-order valence-corrected chi connectivity index (χ0v) is 11.5. The van der Waals surface area contributed by atoms with Crippen LogP contribution in [0.15, 0.2) is 18.3 Å². The highest BCUT2D eigenvalue weighted by molar-refractivity contribution is 5.92. The largest absolute Gasteiger partial charge is 0.384 e.